The highest BCUT2D eigenvalue weighted by Gasteiger charge is 2.21. The number of hydrogen-bond donors (Lipinski definition) is 2. The first-order valence-corrected chi connectivity index (χ1v) is 6.52. The topological polar surface area (TPSA) is 105 Å². The van der Waals surface area contributed by atoms with Gasteiger partial charge in [-0.05, 0) is 6.92 Å². The van der Waals surface area contributed by atoms with E-state index in [1.807, 2.05) is 4.90 Å². The Bertz CT molecular complexity index is 479. The van der Waals surface area contributed by atoms with Crippen molar-refractivity contribution >= 4 is 17.6 Å². The number of nitrogens with zero attached hydrogens (tertiary/aromatic N) is 3. The number of amides is 2. The molecular formula is C12H19N5O3. The largest absolute Gasteiger partial charge is 0.360 e. The van der Waals surface area contributed by atoms with Crippen LogP contribution in [0.2, 0.25) is 0 Å². The number of aryl methyl sites for hydroxylation is 1. The molecule has 8 heteroatoms. The minimum Gasteiger partial charge on any atom is -0.360 e. The number of nitrogens with two attached hydrogens (primary N) is 1. The van der Waals surface area contributed by atoms with Gasteiger partial charge in [-0.1, -0.05) is 5.16 Å². The van der Waals surface area contributed by atoms with Gasteiger partial charge in [-0.25, -0.2) is 0 Å². The van der Waals surface area contributed by atoms with E-state index in [1.54, 1.807) is 17.9 Å². The number of carbonyl (C=O) groups is 2. The minimum absolute atomic E-state index is 0.0337. The third kappa shape index (κ3) is 3.78. The lowest BCUT2D eigenvalue weighted by molar-refractivity contribution is -0.131. The van der Waals surface area contributed by atoms with Crippen molar-refractivity contribution in [3.63, 3.8) is 0 Å². The van der Waals surface area contributed by atoms with Gasteiger partial charge in [-0.15, -0.1) is 0 Å². The molecule has 1 aromatic rings. The molecule has 110 valence electrons. The summed E-state index contributed by atoms with van der Waals surface area (Å²) in [6.07, 6.45) is 0. The first kappa shape index (κ1) is 14.5. The lowest BCUT2D eigenvalue weighted by Crippen LogP contribution is -2.51. The van der Waals surface area contributed by atoms with Crippen LogP contribution in [0.4, 0.5) is 5.82 Å². The van der Waals surface area contributed by atoms with E-state index in [4.69, 9.17) is 10.3 Å². The van der Waals surface area contributed by atoms with E-state index in [1.165, 1.54) is 0 Å². The molecule has 0 spiro atoms. The molecular weight excluding hydrogens is 262 g/mol. The van der Waals surface area contributed by atoms with Crippen LogP contribution >= 0.6 is 0 Å². The van der Waals surface area contributed by atoms with Gasteiger partial charge < -0.3 is 20.5 Å². The summed E-state index contributed by atoms with van der Waals surface area (Å²) in [4.78, 5) is 27.0. The normalized spacial score (nSPS) is 16.2. The molecule has 1 aromatic heterocycles. The van der Waals surface area contributed by atoms with Crippen molar-refractivity contribution in [3.8, 4) is 0 Å². The number of hydrogen-bond acceptors (Lipinski definition) is 6. The summed E-state index contributed by atoms with van der Waals surface area (Å²) >= 11 is 0. The van der Waals surface area contributed by atoms with Crippen molar-refractivity contribution in [2.45, 2.75) is 6.92 Å². The van der Waals surface area contributed by atoms with Gasteiger partial charge in [0, 0.05) is 32.2 Å². The summed E-state index contributed by atoms with van der Waals surface area (Å²) in [6, 6.07) is 1.66. The first-order valence-electron chi connectivity index (χ1n) is 6.52. The van der Waals surface area contributed by atoms with E-state index in [-0.39, 0.29) is 24.9 Å². The van der Waals surface area contributed by atoms with E-state index < -0.39 is 0 Å². The van der Waals surface area contributed by atoms with Gasteiger partial charge in [-0.2, -0.15) is 0 Å². The smallest absolute Gasteiger partial charge is 0.239 e. The first-order chi connectivity index (χ1) is 9.58. The zero-order valence-corrected chi connectivity index (χ0v) is 11.5. The summed E-state index contributed by atoms with van der Waals surface area (Å²) < 4.78 is 4.87. The molecule has 3 N–H and O–H groups in total. The zero-order valence-electron chi connectivity index (χ0n) is 11.5. The summed E-state index contributed by atoms with van der Waals surface area (Å²) in [5.74, 6) is 0.878. The molecule has 0 saturated carbocycles. The van der Waals surface area contributed by atoms with Gasteiger partial charge in [0.2, 0.25) is 11.8 Å². The van der Waals surface area contributed by atoms with Crippen LogP contribution < -0.4 is 11.1 Å². The van der Waals surface area contributed by atoms with Gasteiger partial charge in [0.1, 0.15) is 5.76 Å². The van der Waals surface area contributed by atoms with E-state index in [0.29, 0.717) is 37.8 Å². The van der Waals surface area contributed by atoms with E-state index >= 15 is 0 Å². The number of carbonyl (C=O) groups excluding carboxylic acids is 2. The Labute approximate surface area is 116 Å². The van der Waals surface area contributed by atoms with Crippen LogP contribution in [0.15, 0.2) is 10.6 Å². The monoisotopic (exact) mass is 281 g/mol. The molecule has 8 nitrogen and oxygen atoms in total. The molecule has 0 bridgehead atoms. The summed E-state index contributed by atoms with van der Waals surface area (Å²) in [5.41, 5.74) is 5.32. The molecule has 2 heterocycles. The quantitative estimate of drug-likeness (QED) is 0.735. The predicted octanol–water partition coefficient (Wildman–Crippen LogP) is -0.976. The third-order valence-electron chi connectivity index (χ3n) is 3.16. The van der Waals surface area contributed by atoms with Crippen molar-refractivity contribution in [2.24, 2.45) is 5.73 Å². The fourth-order valence-corrected chi connectivity index (χ4v) is 2.10. The molecule has 20 heavy (non-hydrogen) atoms. The zero-order chi connectivity index (χ0) is 14.5. The Balaban J connectivity index is 1.75. The van der Waals surface area contributed by atoms with Gasteiger partial charge in [0.15, 0.2) is 5.82 Å². The standard InChI is InChI=1S/C12H19N5O3/c1-9-6-10(15-20-9)14-11(18)8-16-2-4-17(5-3-16)12(19)7-13/h6H,2-5,7-8,13H2,1H3,(H,14,15,18). The number of rotatable bonds is 4. The van der Waals surface area contributed by atoms with Crippen LogP contribution in [0.1, 0.15) is 5.76 Å². The maximum absolute atomic E-state index is 11.8. The SMILES string of the molecule is Cc1cc(NC(=O)CN2CCN(C(=O)CN)CC2)no1. The predicted molar refractivity (Wildman–Crippen MR) is 71.9 cm³/mol. The molecule has 1 fully saturated rings. The van der Waals surface area contributed by atoms with E-state index in [9.17, 15) is 9.59 Å². The van der Waals surface area contributed by atoms with E-state index in [0.717, 1.165) is 0 Å². The van der Waals surface area contributed by atoms with Crippen LogP contribution in [-0.4, -0.2) is 66.0 Å². The second kappa shape index (κ2) is 6.49. The molecule has 0 atom stereocenters. The fraction of sp³-hybridized carbons (Fsp3) is 0.583. The second-order valence-corrected chi connectivity index (χ2v) is 4.73. The molecule has 2 rings (SSSR count). The molecule has 2 amide bonds. The van der Waals surface area contributed by atoms with Gasteiger partial charge >= 0.3 is 0 Å². The summed E-state index contributed by atoms with van der Waals surface area (Å²) in [5, 5.41) is 6.37. The summed E-state index contributed by atoms with van der Waals surface area (Å²) in [6.45, 7) is 4.60. The summed E-state index contributed by atoms with van der Waals surface area (Å²) in [7, 11) is 0. The van der Waals surface area contributed by atoms with Crippen LogP contribution in [0.5, 0.6) is 0 Å². The van der Waals surface area contributed by atoms with Crippen LogP contribution in [0.3, 0.4) is 0 Å². The average Bonchev–Trinajstić information content (AvgIpc) is 2.84. The molecule has 0 radical (unpaired) electrons. The molecule has 0 aromatic carbocycles. The maximum atomic E-state index is 11.8. The van der Waals surface area contributed by atoms with Crippen molar-refractivity contribution in [2.75, 3.05) is 44.6 Å². The minimum atomic E-state index is -0.142. The van der Waals surface area contributed by atoms with Gasteiger partial charge in [0.05, 0.1) is 13.1 Å². The molecule has 0 unspecified atom stereocenters. The Hall–Kier alpha value is -1.93. The van der Waals surface area contributed by atoms with E-state index in [2.05, 4.69) is 10.5 Å². The Morgan fingerprint density at radius 3 is 2.65 bits per heavy atom. The molecule has 1 saturated heterocycles. The van der Waals surface area contributed by atoms with Crippen LogP contribution in [0.25, 0.3) is 0 Å². The second-order valence-electron chi connectivity index (χ2n) is 4.73. The van der Waals surface area contributed by atoms with Crippen LogP contribution in [-0.2, 0) is 9.59 Å². The molecule has 0 aliphatic carbocycles. The Morgan fingerprint density at radius 1 is 1.40 bits per heavy atom. The third-order valence-corrected chi connectivity index (χ3v) is 3.16. The highest BCUT2D eigenvalue weighted by molar-refractivity contribution is 5.91. The van der Waals surface area contributed by atoms with Crippen molar-refractivity contribution in [1.82, 2.24) is 15.0 Å². The van der Waals surface area contributed by atoms with Crippen LogP contribution in [0, 0.1) is 6.92 Å². The lowest BCUT2D eigenvalue weighted by Gasteiger charge is -2.34. The molecule has 1 aliphatic rings. The lowest BCUT2D eigenvalue weighted by atomic mass is 10.3. The highest BCUT2D eigenvalue weighted by Crippen LogP contribution is 2.07. The number of aromatic nitrogens is 1. The average molecular weight is 281 g/mol. The van der Waals surface area contributed by atoms with Crippen molar-refractivity contribution in [3.05, 3.63) is 11.8 Å². The molecule has 1 aliphatic heterocycles. The van der Waals surface area contributed by atoms with Gasteiger partial charge in [0.25, 0.3) is 0 Å². The van der Waals surface area contributed by atoms with Gasteiger partial charge in [-0.3, -0.25) is 14.5 Å². The Kier molecular flexibility index (Phi) is 4.70. The number of piperazine rings is 1. The van der Waals surface area contributed by atoms with Crippen molar-refractivity contribution < 1.29 is 14.1 Å². The number of nitrogens with one attached hydrogen (secondary N) is 1. The Morgan fingerprint density at radius 2 is 2.10 bits per heavy atom. The highest BCUT2D eigenvalue weighted by atomic mass is 16.5. The number of anilines is 1. The van der Waals surface area contributed by atoms with Crippen molar-refractivity contribution in [1.29, 1.82) is 0 Å². The fourth-order valence-electron chi connectivity index (χ4n) is 2.10. The maximum Gasteiger partial charge on any atom is 0.239 e.